The van der Waals surface area contributed by atoms with Crippen LogP contribution in [0.5, 0.6) is 5.75 Å². The Kier molecular flexibility index (Phi) is 2.93. The minimum absolute atomic E-state index is 0.0953. The van der Waals surface area contributed by atoms with Gasteiger partial charge >= 0.3 is 0 Å². The Balaban J connectivity index is 2.13. The molecule has 1 atom stereocenters. The standard InChI is InChI=1S/C11H8BrNO2/c12-6-5-11(14)13-9-7-15-10-4-2-1-3-8(9)10/h1-4,9H,7H2,(H,13,14). The van der Waals surface area contributed by atoms with Crippen LogP contribution in [0.2, 0.25) is 0 Å². The first-order valence-corrected chi connectivity index (χ1v) is 5.24. The van der Waals surface area contributed by atoms with E-state index < -0.39 is 0 Å². The summed E-state index contributed by atoms with van der Waals surface area (Å²) in [4.78, 5) is 13.6. The fourth-order valence-electron chi connectivity index (χ4n) is 1.52. The van der Waals surface area contributed by atoms with Gasteiger partial charge in [0.1, 0.15) is 12.4 Å². The maximum absolute atomic E-state index is 11.2. The minimum atomic E-state index is -0.308. The van der Waals surface area contributed by atoms with Crippen LogP contribution in [0.3, 0.4) is 0 Å². The van der Waals surface area contributed by atoms with Gasteiger partial charge in [-0.1, -0.05) is 18.2 Å². The molecule has 3 nitrogen and oxygen atoms in total. The number of fused-ring (bicyclic) bond motifs is 1. The highest BCUT2D eigenvalue weighted by molar-refractivity contribution is 9.12. The molecule has 1 heterocycles. The molecule has 0 fully saturated rings. The lowest BCUT2D eigenvalue weighted by molar-refractivity contribution is -0.116. The summed E-state index contributed by atoms with van der Waals surface area (Å²) in [5.41, 5.74) is 1.00. The zero-order valence-electron chi connectivity index (χ0n) is 7.79. The van der Waals surface area contributed by atoms with Gasteiger partial charge in [0.05, 0.1) is 6.04 Å². The first kappa shape index (κ1) is 10.1. The molecule has 0 saturated heterocycles. The molecule has 0 aliphatic carbocycles. The van der Waals surface area contributed by atoms with E-state index in [0.717, 1.165) is 11.3 Å². The van der Waals surface area contributed by atoms with Crippen molar-refractivity contribution in [2.24, 2.45) is 0 Å². The largest absolute Gasteiger partial charge is 0.491 e. The number of hydrogen-bond donors (Lipinski definition) is 1. The smallest absolute Gasteiger partial charge is 0.297 e. The van der Waals surface area contributed by atoms with Crippen LogP contribution >= 0.6 is 15.9 Å². The monoisotopic (exact) mass is 265 g/mol. The van der Waals surface area contributed by atoms with Gasteiger partial charge in [-0.15, -0.1) is 0 Å². The van der Waals surface area contributed by atoms with E-state index in [4.69, 9.17) is 4.74 Å². The number of benzene rings is 1. The molecule has 1 amide bonds. The Morgan fingerprint density at radius 1 is 1.53 bits per heavy atom. The normalized spacial score (nSPS) is 17.0. The van der Waals surface area contributed by atoms with Gasteiger partial charge in [0, 0.05) is 27.4 Å². The summed E-state index contributed by atoms with van der Waals surface area (Å²) in [6, 6.07) is 7.55. The maximum atomic E-state index is 11.2. The van der Waals surface area contributed by atoms with Gasteiger partial charge in [0.2, 0.25) is 0 Å². The third-order valence-corrected chi connectivity index (χ3v) is 2.36. The first-order chi connectivity index (χ1) is 7.31. The number of para-hydroxylation sites is 1. The summed E-state index contributed by atoms with van der Waals surface area (Å²) >= 11 is 2.88. The molecule has 4 heteroatoms. The lowest BCUT2D eigenvalue weighted by atomic mass is 10.1. The second-order valence-electron chi connectivity index (χ2n) is 3.09. The fourth-order valence-corrected chi connectivity index (χ4v) is 1.70. The molecule has 0 radical (unpaired) electrons. The molecule has 0 bridgehead atoms. The SMILES string of the molecule is O=C(C#CBr)NC1COc2ccccc21. The van der Waals surface area contributed by atoms with Crippen LogP contribution in [0.15, 0.2) is 24.3 Å². The summed E-state index contributed by atoms with van der Waals surface area (Å²) in [6.07, 6.45) is 0. The Bertz CT molecular complexity index is 447. The summed E-state index contributed by atoms with van der Waals surface area (Å²) in [6.45, 7) is 0.467. The predicted octanol–water partition coefficient (Wildman–Crippen LogP) is 1.59. The molecule has 0 aromatic heterocycles. The third kappa shape index (κ3) is 2.13. The molecule has 2 rings (SSSR count). The van der Waals surface area contributed by atoms with Crippen molar-refractivity contribution in [3.8, 4) is 16.5 Å². The summed E-state index contributed by atoms with van der Waals surface area (Å²) in [7, 11) is 0. The zero-order chi connectivity index (χ0) is 10.7. The molecule has 76 valence electrons. The van der Waals surface area contributed by atoms with E-state index in [1.54, 1.807) is 0 Å². The Hall–Kier alpha value is -1.47. The van der Waals surface area contributed by atoms with E-state index >= 15 is 0 Å². The number of rotatable bonds is 1. The second kappa shape index (κ2) is 4.37. The van der Waals surface area contributed by atoms with Gasteiger partial charge in [-0.25, -0.2) is 0 Å². The third-order valence-electron chi connectivity index (χ3n) is 2.17. The van der Waals surface area contributed by atoms with Crippen molar-refractivity contribution >= 4 is 21.8 Å². The van der Waals surface area contributed by atoms with Crippen LogP contribution in [0, 0.1) is 10.8 Å². The molecule has 0 saturated carbocycles. The Labute approximate surface area is 95.9 Å². The van der Waals surface area contributed by atoms with E-state index in [1.165, 1.54) is 0 Å². The molecule has 1 aromatic carbocycles. The van der Waals surface area contributed by atoms with Gasteiger partial charge in [-0.2, -0.15) is 0 Å². The minimum Gasteiger partial charge on any atom is -0.491 e. The van der Waals surface area contributed by atoms with E-state index in [9.17, 15) is 4.79 Å². The van der Waals surface area contributed by atoms with E-state index in [-0.39, 0.29) is 11.9 Å². The summed E-state index contributed by atoms with van der Waals surface area (Å²) < 4.78 is 5.42. The second-order valence-corrected chi connectivity index (χ2v) is 3.49. The van der Waals surface area contributed by atoms with Crippen LogP contribution in [-0.4, -0.2) is 12.5 Å². The lowest BCUT2D eigenvalue weighted by Gasteiger charge is -2.07. The van der Waals surface area contributed by atoms with Gasteiger partial charge < -0.3 is 10.1 Å². The van der Waals surface area contributed by atoms with Crippen molar-refractivity contribution in [3.05, 3.63) is 29.8 Å². The number of ether oxygens (including phenoxy) is 1. The number of halogens is 1. The highest BCUT2D eigenvalue weighted by atomic mass is 79.9. The van der Waals surface area contributed by atoms with Crippen LogP contribution in [0.4, 0.5) is 0 Å². The average Bonchev–Trinajstić information content (AvgIpc) is 2.62. The van der Waals surface area contributed by atoms with Crippen LogP contribution in [0.25, 0.3) is 0 Å². The molecule has 1 unspecified atom stereocenters. The van der Waals surface area contributed by atoms with Gasteiger partial charge in [0.25, 0.3) is 5.91 Å². The number of carbonyl (C=O) groups excluding carboxylic acids is 1. The Morgan fingerprint density at radius 3 is 3.13 bits per heavy atom. The summed E-state index contributed by atoms with van der Waals surface area (Å²) in [5.74, 6) is 2.88. The first-order valence-electron chi connectivity index (χ1n) is 4.45. The number of hydrogen-bond acceptors (Lipinski definition) is 2. The predicted molar refractivity (Wildman–Crippen MR) is 59.5 cm³/mol. The molecule has 0 spiro atoms. The van der Waals surface area contributed by atoms with Crippen molar-refractivity contribution in [1.29, 1.82) is 0 Å². The van der Waals surface area contributed by atoms with Gasteiger partial charge in [-0.05, 0) is 10.9 Å². The number of carbonyl (C=O) groups is 1. The van der Waals surface area contributed by atoms with Gasteiger partial charge in [0.15, 0.2) is 0 Å². The topological polar surface area (TPSA) is 38.3 Å². The highest BCUT2D eigenvalue weighted by Gasteiger charge is 2.24. The quantitative estimate of drug-likeness (QED) is 0.784. The van der Waals surface area contributed by atoms with Crippen molar-refractivity contribution < 1.29 is 9.53 Å². The maximum Gasteiger partial charge on any atom is 0.297 e. The summed E-state index contributed by atoms with van der Waals surface area (Å²) in [5, 5.41) is 2.77. The van der Waals surface area contributed by atoms with E-state index in [2.05, 4.69) is 32.0 Å². The molecule has 1 N–H and O–H groups in total. The molecule has 15 heavy (non-hydrogen) atoms. The molecular weight excluding hydrogens is 258 g/mol. The van der Waals surface area contributed by atoms with Crippen LogP contribution in [0.1, 0.15) is 11.6 Å². The average molecular weight is 266 g/mol. The van der Waals surface area contributed by atoms with Crippen molar-refractivity contribution in [2.45, 2.75) is 6.04 Å². The molecule has 1 aliphatic rings. The van der Waals surface area contributed by atoms with Crippen molar-refractivity contribution in [1.82, 2.24) is 5.32 Å². The van der Waals surface area contributed by atoms with Crippen LogP contribution in [-0.2, 0) is 4.79 Å². The highest BCUT2D eigenvalue weighted by Crippen LogP contribution is 2.31. The zero-order valence-corrected chi connectivity index (χ0v) is 9.37. The van der Waals surface area contributed by atoms with Gasteiger partial charge in [-0.3, -0.25) is 4.79 Å². The Morgan fingerprint density at radius 2 is 2.33 bits per heavy atom. The van der Waals surface area contributed by atoms with Crippen molar-refractivity contribution in [3.63, 3.8) is 0 Å². The molecule has 1 aliphatic heterocycles. The fraction of sp³-hybridized carbons (Fsp3) is 0.182. The molecular formula is C11H8BrNO2. The van der Waals surface area contributed by atoms with E-state index in [0.29, 0.717) is 6.61 Å². The number of nitrogens with one attached hydrogen (secondary N) is 1. The van der Waals surface area contributed by atoms with E-state index in [1.807, 2.05) is 24.3 Å². The van der Waals surface area contributed by atoms with Crippen molar-refractivity contribution in [2.75, 3.05) is 6.61 Å². The number of amides is 1. The lowest BCUT2D eigenvalue weighted by Crippen LogP contribution is -2.28. The van der Waals surface area contributed by atoms with Crippen LogP contribution < -0.4 is 10.1 Å². The molecule has 1 aromatic rings.